The van der Waals surface area contributed by atoms with Gasteiger partial charge in [-0.25, -0.2) is 18.7 Å². The third kappa shape index (κ3) is 4.72. The number of rotatable bonds is 6. The fourth-order valence-corrected chi connectivity index (χ4v) is 3.83. The van der Waals surface area contributed by atoms with Crippen LogP contribution in [-0.4, -0.2) is 24.7 Å². The molecule has 3 aromatic heterocycles. The van der Waals surface area contributed by atoms with E-state index < -0.39 is 17.7 Å². The molecule has 0 unspecified atom stereocenters. The van der Waals surface area contributed by atoms with Gasteiger partial charge in [0.2, 0.25) is 0 Å². The van der Waals surface area contributed by atoms with Crippen molar-refractivity contribution in [3.8, 4) is 23.2 Å². The summed E-state index contributed by atoms with van der Waals surface area (Å²) in [4.78, 5) is 12.5. The van der Waals surface area contributed by atoms with E-state index in [9.17, 15) is 9.65 Å². The standard InChI is InChI=1S/C23H18BrF2N7O/c1-12(34-23-22(28)30-11-19(24)31-23)17-7-14(25)8-18(26)20(17)21-13(4-3-5-29-21)6-15-9-16(10-27)33(2)32-15/h3-5,7-9,11-12H,6H2,1-2H3,(H2,28,30)/t12-/m1/s1. The van der Waals surface area contributed by atoms with Crippen molar-refractivity contribution in [3.63, 3.8) is 0 Å². The topological polar surface area (TPSA) is 116 Å². The Balaban J connectivity index is 1.78. The van der Waals surface area contributed by atoms with E-state index in [4.69, 9.17) is 10.5 Å². The second kappa shape index (κ2) is 9.52. The third-order valence-corrected chi connectivity index (χ3v) is 5.48. The van der Waals surface area contributed by atoms with Gasteiger partial charge in [-0.15, -0.1) is 0 Å². The Morgan fingerprint density at radius 2 is 2.06 bits per heavy atom. The Labute approximate surface area is 202 Å². The number of nitrogens with two attached hydrogens (primary N) is 1. The van der Waals surface area contributed by atoms with Gasteiger partial charge < -0.3 is 10.5 Å². The number of pyridine rings is 1. The third-order valence-electron chi connectivity index (χ3n) is 5.09. The van der Waals surface area contributed by atoms with Crippen LogP contribution in [0, 0.1) is 23.0 Å². The van der Waals surface area contributed by atoms with Crippen molar-refractivity contribution in [3.05, 3.63) is 81.5 Å². The van der Waals surface area contributed by atoms with Crippen LogP contribution in [0.3, 0.4) is 0 Å². The van der Waals surface area contributed by atoms with Gasteiger partial charge in [0, 0.05) is 36.9 Å². The number of halogens is 3. The second-order valence-corrected chi connectivity index (χ2v) is 8.25. The van der Waals surface area contributed by atoms with Crippen molar-refractivity contribution in [2.75, 3.05) is 5.73 Å². The molecule has 3 heterocycles. The molecule has 0 spiro atoms. The van der Waals surface area contributed by atoms with Gasteiger partial charge in [-0.1, -0.05) is 6.07 Å². The molecule has 34 heavy (non-hydrogen) atoms. The van der Waals surface area contributed by atoms with E-state index in [-0.39, 0.29) is 29.2 Å². The van der Waals surface area contributed by atoms with E-state index in [1.165, 1.54) is 23.1 Å². The molecule has 172 valence electrons. The van der Waals surface area contributed by atoms with Gasteiger partial charge in [-0.05, 0) is 46.6 Å². The van der Waals surface area contributed by atoms with Crippen LogP contribution in [-0.2, 0) is 13.5 Å². The maximum absolute atomic E-state index is 15.2. The van der Waals surface area contributed by atoms with Crippen molar-refractivity contribution >= 4 is 21.7 Å². The number of nitriles is 1. The average molecular weight is 526 g/mol. The number of nitrogens with zero attached hydrogens (tertiary/aromatic N) is 6. The van der Waals surface area contributed by atoms with Crippen LogP contribution < -0.4 is 10.5 Å². The highest BCUT2D eigenvalue weighted by Gasteiger charge is 2.24. The lowest BCUT2D eigenvalue weighted by atomic mass is 9.94. The van der Waals surface area contributed by atoms with Gasteiger partial charge in [-0.2, -0.15) is 10.4 Å². The van der Waals surface area contributed by atoms with E-state index >= 15 is 4.39 Å². The summed E-state index contributed by atoms with van der Waals surface area (Å²) in [6.07, 6.45) is 2.37. The van der Waals surface area contributed by atoms with Crippen molar-refractivity contribution in [1.29, 1.82) is 5.26 Å². The molecular formula is C23H18BrF2N7O. The first-order valence-corrected chi connectivity index (χ1v) is 10.9. The number of benzene rings is 1. The summed E-state index contributed by atoms with van der Waals surface area (Å²) in [6, 6.07) is 9.19. The van der Waals surface area contributed by atoms with Crippen molar-refractivity contribution in [2.45, 2.75) is 19.4 Å². The van der Waals surface area contributed by atoms with Crippen molar-refractivity contribution < 1.29 is 13.5 Å². The van der Waals surface area contributed by atoms with Crippen LogP contribution in [0.4, 0.5) is 14.6 Å². The molecule has 4 rings (SSSR count). The molecule has 2 N–H and O–H groups in total. The Bertz CT molecular complexity index is 1420. The van der Waals surface area contributed by atoms with Crippen LogP contribution in [0.1, 0.15) is 35.5 Å². The van der Waals surface area contributed by atoms with Gasteiger partial charge in [0.25, 0.3) is 5.88 Å². The molecule has 1 atom stereocenters. The number of aromatic nitrogens is 5. The molecule has 8 nitrogen and oxygen atoms in total. The monoisotopic (exact) mass is 525 g/mol. The quantitative estimate of drug-likeness (QED) is 0.394. The largest absolute Gasteiger partial charge is 0.467 e. The lowest BCUT2D eigenvalue weighted by molar-refractivity contribution is 0.217. The first-order chi connectivity index (χ1) is 16.3. The van der Waals surface area contributed by atoms with Crippen LogP contribution in [0.15, 0.2) is 47.3 Å². The predicted molar refractivity (Wildman–Crippen MR) is 124 cm³/mol. The molecule has 0 radical (unpaired) electrons. The number of aryl methyl sites for hydroxylation is 1. The summed E-state index contributed by atoms with van der Waals surface area (Å²) in [5, 5.41) is 13.5. The maximum atomic E-state index is 15.2. The zero-order valence-electron chi connectivity index (χ0n) is 18.1. The minimum atomic E-state index is -0.846. The molecule has 1 aromatic carbocycles. The molecule has 0 amide bonds. The van der Waals surface area contributed by atoms with Crippen LogP contribution in [0.2, 0.25) is 0 Å². The number of nitrogen functional groups attached to an aromatic ring is 1. The number of hydrogen-bond donors (Lipinski definition) is 1. The second-order valence-electron chi connectivity index (χ2n) is 7.44. The Hall–Kier alpha value is -3.91. The lowest BCUT2D eigenvalue weighted by Crippen LogP contribution is -2.11. The van der Waals surface area contributed by atoms with E-state index in [2.05, 4.69) is 42.0 Å². The molecule has 0 aliphatic carbocycles. The van der Waals surface area contributed by atoms with Crippen molar-refractivity contribution in [1.82, 2.24) is 24.7 Å². The molecular weight excluding hydrogens is 508 g/mol. The molecule has 0 fully saturated rings. The van der Waals surface area contributed by atoms with Crippen LogP contribution in [0.25, 0.3) is 11.3 Å². The van der Waals surface area contributed by atoms with Gasteiger partial charge in [0.15, 0.2) is 5.82 Å². The molecule has 0 saturated carbocycles. The Morgan fingerprint density at radius 3 is 2.79 bits per heavy atom. The summed E-state index contributed by atoms with van der Waals surface area (Å²) < 4.78 is 37.2. The smallest absolute Gasteiger partial charge is 0.258 e. The molecule has 0 aliphatic heterocycles. The predicted octanol–water partition coefficient (Wildman–Crippen LogP) is 4.50. The molecule has 4 aromatic rings. The van der Waals surface area contributed by atoms with Gasteiger partial charge in [0.05, 0.1) is 17.6 Å². The number of ether oxygens (including phenoxy) is 1. The zero-order chi connectivity index (χ0) is 24.4. The molecule has 11 heteroatoms. The van der Waals surface area contributed by atoms with E-state index in [0.29, 0.717) is 27.2 Å². The maximum Gasteiger partial charge on any atom is 0.258 e. The lowest BCUT2D eigenvalue weighted by Gasteiger charge is -2.20. The minimum Gasteiger partial charge on any atom is -0.467 e. The SMILES string of the molecule is C[C@@H](Oc1nc(Br)cnc1N)c1cc(F)cc(F)c1-c1ncccc1Cc1cc(C#N)n(C)n1. The summed E-state index contributed by atoms with van der Waals surface area (Å²) in [7, 11) is 1.67. The highest BCUT2D eigenvalue weighted by atomic mass is 79.9. The summed E-state index contributed by atoms with van der Waals surface area (Å²) >= 11 is 3.20. The summed E-state index contributed by atoms with van der Waals surface area (Å²) in [6.45, 7) is 1.63. The fourth-order valence-electron chi connectivity index (χ4n) is 3.56. The van der Waals surface area contributed by atoms with E-state index in [1.54, 1.807) is 32.2 Å². The first-order valence-electron chi connectivity index (χ1n) is 10.1. The zero-order valence-corrected chi connectivity index (χ0v) is 19.7. The van der Waals surface area contributed by atoms with Crippen molar-refractivity contribution in [2.24, 2.45) is 7.05 Å². The van der Waals surface area contributed by atoms with E-state index in [0.717, 1.165) is 6.07 Å². The minimum absolute atomic E-state index is 0.0243. The summed E-state index contributed by atoms with van der Waals surface area (Å²) in [5.74, 6) is -1.50. The van der Waals surface area contributed by atoms with Gasteiger partial charge >= 0.3 is 0 Å². The normalized spacial score (nSPS) is 11.8. The van der Waals surface area contributed by atoms with E-state index in [1.807, 2.05) is 0 Å². The molecule has 0 bridgehead atoms. The van der Waals surface area contributed by atoms with Crippen LogP contribution in [0.5, 0.6) is 5.88 Å². The van der Waals surface area contributed by atoms with Gasteiger partial charge in [0.1, 0.15) is 34.1 Å². The fraction of sp³-hybridized carbons (Fsp3) is 0.174. The number of anilines is 1. The molecule has 0 aliphatic rings. The highest BCUT2D eigenvalue weighted by Crippen LogP contribution is 2.36. The van der Waals surface area contributed by atoms with Gasteiger partial charge in [-0.3, -0.25) is 9.67 Å². The molecule has 0 saturated heterocycles. The Kier molecular flexibility index (Phi) is 6.51. The van der Waals surface area contributed by atoms with Crippen LogP contribution >= 0.6 is 15.9 Å². The Morgan fingerprint density at radius 1 is 1.26 bits per heavy atom. The first kappa shape index (κ1) is 23.3. The highest BCUT2D eigenvalue weighted by molar-refractivity contribution is 9.10. The summed E-state index contributed by atoms with van der Waals surface area (Å²) in [5.41, 5.74) is 8.11. The number of hydrogen-bond acceptors (Lipinski definition) is 7. The average Bonchev–Trinajstić information content (AvgIpc) is 3.15.